The Hall–Kier alpha value is -3.83. The van der Waals surface area contributed by atoms with Gasteiger partial charge in [-0.3, -0.25) is 15.2 Å². The van der Waals surface area contributed by atoms with E-state index in [9.17, 15) is 15.4 Å². The number of H-pyrrole nitrogens is 1. The summed E-state index contributed by atoms with van der Waals surface area (Å²) in [7, 11) is 0. The van der Waals surface area contributed by atoms with Crippen molar-refractivity contribution in [1.82, 2.24) is 10.2 Å². The Bertz CT molecular complexity index is 1180. The van der Waals surface area contributed by atoms with Crippen molar-refractivity contribution in [3.8, 4) is 23.2 Å². The van der Waals surface area contributed by atoms with Crippen LogP contribution >= 0.6 is 11.6 Å². The van der Waals surface area contributed by atoms with Gasteiger partial charge in [-0.15, -0.1) is 5.10 Å². The lowest BCUT2D eigenvalue weighted by molar-refractivity contribution is -0.384. The third kappa shape index (κ3) is 2.74. The number of aromatic nitrogens is 2. The molecule has 0 bridgehead atoms. The fraction of sp³-hybridized carbons (Fsp3) is 0.0526. The molecule has 0 radical (unpaired) electrons. The van der Waals surface area contributed by atoms with Crippen molar-refractivity contribution in [3.05, 3.63) is 86.3 Å². The summed E-state index contributed by atoms with van der Waals surface area (Å²) in [6, 6.07) is 15.2. The first-order valence-electron chi connectivity index (χ1n) is 8.16. The first-order valence-corrected chi connectivity index (χ1v) is 8.54. The van der Waals surface area contributed by atoms with Crippen LogP contribution in [0.5, 0.6) is 5.88 Å². The Morgan fingerprint density at radius 1 is 1.29 bits per heavy atom. The number of allylic oxidation sites excluding steroid dienone is 1. The third-order valence-electron chi connectivity index (χ3n) is 4.50. The van der Waals surface area contributed by atoms with Crippen molar-refractivity contribution in [3.63, 3.8) is 0 Å². The number of nitrogens with two attached hydrogens (primary N) is 1. The molecule has 0 fully saturated rings. The average Bonchev–Trinajstić information content (AvgIpc) is 3.10. The number of rotatable bonds is 3. The van der Waals surface area contributed by atoms with E-state index >= 15 is 0 Å². The van der Waals surface area contributed by atoms with Crippen LogP contribution in [0, 0.1) is 21.4 Å². The first kappa shape index (κ1) is 17.6. The Kier molecular flexibility index (Phi) is 4.22. The highest BCUT2D eigenvalue weighted by Gasteiger charge is 2.36. The highest BCUT2D eigenvalue weighted by atomic mass is 35.5. The van der Waals surface area contributed by atoms with Gasteiger partial charge in [0, 0.05) is 22.7 Å². The molecule has 28 heavy (non-hydrogen) atoms. The lowest BCUT2D eigenvalue weighted by Crippen LogP contribution is -2.21. The number of benzene rings is 2. The van der Waals surface area contributed by atoms with Crippen LogP contribution in [0.2, 0.25) is 5.02 Å². The first-order chi connectivity index (χ1) is 13.5. The fourth-order valence-corrected chi connectivity index (χ4v) is 3.50. The maximum Gasteiger partial charge on any atom is 0.269 e. The number of nitro benzene ring substituents is 1. The van der Waals surface area contributed by atoms with E-state index in [4.69, 9.17) is 22.1 Å². The molecule has 1 aromatic heterocycles. The summed E-state index contributed by atoms with van der Waals surface area (Å²) in [5, 5.41) is 28.4. The highest BCUT2D eigenvalue weighted by Crippen LogP contribution is 2.46. The van der Waals surface area contributed by atoms with Crippen molar-refractivity contribution in [2.24, 2.45) is 5.73 Å². The normalized spacial score (nSPS) is 15.5. The average molecular weight is 394 g/mol. The molecule has 1 aliphatic heterocycles. The van der Waals surface area contributed by atoms with Crippen LogP contribution in [0.3, 0.4) is 0 Å². The lowest BCUT2D eigenvalue weighted by atomic mass is 9.83. The molecule has 8 nitrogen and oxygen atoms in total. The summed E-state index contributed by atoms with van der Waals surface area (Å²) in [4.78, 5) is 10.7. The molecule has 2 heterocycles. The van der Waals surface area contributed by atoms with Gasteiger partial charge in [-0.1, -0.05) is 41.9 Å². The molecule has 2 aromatic carbocycles. The van der Waals surface area contributed by atoms with Gasteiger partial charge in [0.15, 0.2) is 0 Å². The number of fused-ring (bicyclic) bond motifs is 1. The Balaban J connectivity index is 1.98. The van der Waals surface area contributed by atoms with Crippen LogP contribution in [-0.2, 0) is 0 Å². The summed E-state index contributed by atoms with van der Waals surface area (Å²) in [6.45, 7) is 0. The third-order valence-corrected chi connectivity index (χ3v) is 4.83. The predicted octanol–water partition coefficient (Wildman–Crippen LogP) is 3.86. The number of ether oxygens (including phenoxy) is 1. The van der Waals surface area contributed by atoms with E-state index < -0.39 is 10.8 Å². The minimum absolute atomic E-state index is 0.0933. The summed E-state index contributed by atoms with van der Waals surface area (Å²) in [5.41, 5.74) is 8.25. The lowest BCUT2D eigenvalue weighted by Gasteiger charge is -2.24. The van der Waals surface area contributed by atoms with Gasteiger partial charge in [0.25, 0.3) is 5.69 Å². The zero-order chi connectivity index (χ0) is 19.8. The smallest absolute Gasteiger partial charge is 0.269 e. The van der Waals surface area contributed by atoms with Crippen molar-refractivity contribution < 1.29 is 9.66 Å². The maximum atomic E-state index is 11.2. The second kappa shape index (κ2) is 6.72. The van der Waals surface area contributed by atoms with Crippen molar-refractivity contribution >= 4 is 17.3 Å². The number of halogens is 1. The Morgan fingerprint density at radius 2 is 2.07 bits per heavy atom. The van der Waals surface area contributed by atoms with E-state index in [-0.39, 0.29) is 23.0 Å². The molecular weight excluding hydrogens is 382 g/mol. The van der Waals surface area contributed by atoms with Gasteiger partial charge in [0.05, 0.1) is 22.1 Å². The molecule has 1 aliphatic rings. The van der Waals surface area contributed by atoms with Crippen molar-refractivity contribution in [2.75, 3.05) is 0 Å². The molecule has 0 saturated heterocycles. The molecule has 4 rings (SSSR count). The Morgan fingerprint density at radius 3 is 2.79 bits per heavy atom. The second-order valence-corrected chi connectivity index (χ2v) is 6.48. The minimum Gasteiger partial charge on any atom is -0.420 e. The van der Waals surface area contributed by atoms with E-state index in [0.29, 0.717) is 27.4 Å². The van der Waals surface area contributed by atoms with E-state index in [1.54, 1.807) is 30.3 Å². The quantitative estimate of drug-likeness (QED) is 0.513. The maximum absolute atomic E-state index is 11.2. The molecule has 0 amide bonds. The van der Waals surface area contributed by atoms with Gasteiger partial charge in [-0.2, -0.15) is 5.26 Å². The number of nitrogens with zero attached hydrogens (tertiary/aromatic N) is 3. The minimum atomic E-state index is -0.696. The highest BCUT2D eigenvalue weighted by molar-refractivity contribution is 6.33. The van der Waals surface area contributed by atoms with Gasteiger partial charge in [-0.25, -0.2) is 0 Å². The molecule has 0 saturated carbocycles. The number of nitro groups is 1. The zero-order valence-corrected chi connectivity index (χ0v) is 15.0. The summed E-state index contributed by atoms with van der Waals surface area (Å²) in [5.74, 6) is -0.592. The second-order valence-electron chi connectivity index (χ2n) is 6.07. The van der Waals surface area contributed by atoms with Gasteiger partial charge < -0.3 is 10.5 Å². The zero-order valence-electron chi connectivity index (χ0n) is 14.2. The van der Waals surface area contributed by atoms with Crippen LogP contribution in [0.1, 0.15) is 17.0 Å². The van der Waals surface area contributed by atoms with E-state index in [2.05, 4.69) is 16.3 Å². The number of aromatic amines is 1. The number of non-ortho nitro benzene ring substituents is 1. The van der Waals surface area contributed by atoms with Crippen LogP contribution in [-0.4, -0.2) is 15.1 Å². The van der Waals surface area contributed by atoms with Crippen LogP contribution in [0.4, 0.5) is 5.69 Å². The molecule has 0 unspecified atom stereocenters. The van der Waals surface area contributed by atoms with E-state index in [1.807, 2.05) is 6.07 Å². The summed E-state index contributed by atoms with van der Waals surface area (Å²) >= 11 is 6.34. The van der Waals surface area contributed by atoms with Crippen molar-refractivity contribution in [1.29, 1.82) is 5.26 Å². The topological polar surface area (TPSA) is 131 Å². The van der Waals surface area contributed by atoms with Crippen LogP contribution in [0.15, 0.2) is 60.0 Å². The SMILES string of the molecule is N#CC1=C(N)Oc2n[nH]c(-c3ccccc3Cl)c2[C@H]1c1cccc([N+](=O)[O-])c1. The molecule has 1 atom stereocenters. The number of nitriles is 1. The molecule has 9 heteroatoms. The predicted molar refractivity (Wildman–Crippen MR) is 101 cm³/mol. The van der Waals surface area contributed by atoms with Crippen molar-refractivity contribution in [2.45, 2.75) is 5.92 Å². The van der Waals surface area contributed by atoms with Crippen LogP contribution in [0.25, 0.3) is 11.3 Å². The summed E-state index contributed by atoms with van der Waals surface area (Å²) in [6.07, 6.45) is 0. The molecule has 3 aromatic rings. The molecule has 0 spiro atoms. The molecule has 138 valence electrons. The fourth-order valence-electron chi connectivity index (χ4n) is 3.27. The van der Waals surface area contributed by atoms with Gasteiger partial charge in [0.2, 0.25) is 11.8 Å². The van der Waals surface area contributed by atoms with Gasteiger partial charge in [-0.05, 0) is 11.6 Å². The van der Waals surface area contributed by atoms with E-state index in [1.165, 1.54) is 12.1 Å². The Labute approximate surface area is 164 Å². The molecule has 3 N–H and O–H groups in total. The number of nitrogens with one attached hydrogen (secondary N) is 1. The number of hydrogen-bond acceptors (Lipinski definition) is 6. The van der Waals surface area contributed by atoms with Gasteiger partial charge in [0.1, 0.15) is 11.6 Å². The van der Waals surface area contributed by atoms with E-state index in [0.717, 1.165) is 0 Å². The number of hydrogen-bond donors (Lipinski definition) is 2. The standard InChI is InChI=1S/C19H12ClN5O3/c20-14-7-2-1-6-12(14)17-16-15(10-4-3-5-11(8-10)25(26)27)13(9-21)18(22)28-19(16)24-23-17/h1-8,15H,22H2,(H,23,24)/t15-/m0/s1. The molecule has 0 aliphatic carbocycles. The van der Waals surface area contributed by atoms with Gasteiger partial charge >= 0.3 is 0 Å². The summed E-state index contributed by atoms with van der Waals surface area (Å²) < 4.78 is 5.52. The van der Waals surface area contributed by atoms with Crippen LogP contribution < -0.4 is 10.5 Å². The largest absolute Gasteiger partial charge is 0.420 e. The monoisotopic (exact) mass is 393 g/mol. The molecular formula is C19H12ClN5O3.